The molecule has 0 saturated carbocycles. The number of hydrogen-bond donors (Lipinski definition) is 0. The standard InChI is InChI=1S/C3H7NO4S.Na/c1-4(2)3(5)9(6,7)8;/h1-2H3,(H,6,7,8);/q;+1/p-1. The molecule has 0 fully saturated rings. The first-order chi connectivity index (χ1) is 3.85. The molecule has 54 valence electrons. The van der Waals surface area contributed by atoms with Crippen LogP contribution in [0.1, 0.15) is 0 Å². The zero-order chi connectivity index (χ0) is 7.65. The zero-order valence-corrected chi connectivity index (χ0v) is 8.80. The molecule has 0 aromatic rings. The van der Waals surface area contributed by atoms with Crippen molar-refractivity contribution in [1.29, 1.82) is 0 Å². The van der Waals surface area contributed by atoms with Crippen molar-refractivity contribution >= 4 is 15.4 Å². The molecule has 0 aromatic carbocycles. The Kier molecular flexibility index (Phi) is 5.59. The van der Waals surface area contributed by atoms with Crippen LogP contribution in [0.2, 0.25) is 0 Å². The first-order valence-electron chi connectivity index (χ1n) is 2.03. The first kappa shape index (κ1) is 13.0. The minimum atomic E-state index is -4.77. The Morgan fingerprint density at radius 2 is 1.70 bits per heavy atom. The normalized spacial score (nSPS) is 9.90. The van der Waals surface area contributed by atoms with Gasteiger partial charge in [-0.05, 0) is 0 Å². The van der Waals surface area contributed by atoms with Crippen molar-refractivity contribution in [2.45, 2.75) is 0 Å². The summed E-state index contributed by atoms with van der Waals surface area (Å²) in [5, 5.41) is -1.41. The molecule has 0 radical (unpaired) electrons. The van der Waals surface area contributed by atoms with Gasteiger partial charge in [0.2, 0.25) is 0 Å². The summed E-state index contributed by atoms with van der Waals surface area (Å²) in [7, 11) is -2.38. The molecule has 0 rings (SSSR count). The molecule has 0 bridgehead atoms. The average molecular weight is 175 g/mol. The summed E-state index contributed by atoms with van der Waals surface area (Å²) in [6.07, 6.45) is 0. The number of amides is 1. The number of carbonyl (C=O) groups excluding carboxylic acids is 1. The largest absolute Gasteiger partial charge is 1.00 e. The van der Waals surface area contributed by atoms with E-state index in [0.29, 0.717) is 4.90 Å². The van der Waals surface area contributed by atoms with Crippen LogP contribution in [0.4, 0.5) is 4.79 Å². The summed E-state index contributed by atoms with van der Waals surface area (Å²) >= 11 is 0. The summed E-state index contributed by atoms with van der Waals surface area (Å²) in [6.45, 7) is 0. The van der Waals surface area contributed by atoms with Crippen LogP contribution >= 0.6 is 0 Å². The van der Waals surface area contributed by atoms with E-state index in [1.165, 1.54) is 14.1 Å². The fourth-order valence-corrected chi connectivity index (χ4v) is 0.671. The predicted molar refractivity (Wildman–Crippen MR) is 28.8 cm³/mol. The zero-order valence-electron chi connectivity index (χ0n) is 5.99. The van der Waals surface area contributed by atoms with E-state index in [9.17, 15) is 17.8 Å². The average Bonchev–Trinajstić information content (AvgIpc) is 1.62. The second kappa shape index (κ2) is 4.30. The SMILES string of the molecule is CN(C)C(=O)S(=O)(=O)[O-].[Na+]. The molecule has 0 saturated heterocycles. The molecular weight excluding hydrogens is 169 g/mol. The van der Waals surface area contributed by atoms with E-state index in [2.05, 4.69) is 0 Å². The van der Waals surface area contributed by atoms with E-state index in [4.69, 9.17) is 0 Å². The number of rotatable bonds is 0. The van der Waals surface area contributed by atoms with E-state index in [0.717, 1.165) is 0 Å². The van der Waals surface area contributed by atoms with E-state index in [-0.39, 0.29) is 29.6 Å². The van der Waals surface area contributed by atoms with Crippen LogP contribution in [-0.4, -0.2) is 37.2 Å². The molecule has 0 aliphatic carbocycles. The monoisotopic (exact) mass is 175 g/mol. The van der Waals surface area contributed by atoms with Gasteiger partial charge in [0.1, 0.15) is 0 Å². The Balaban J connectivity index is 0. The maximum atomic E-state index is 10.2. The van der Waals surface area contributed by atoms with Gasteiger partial charge in [-0.1, -0.05) is 0 Å². The quantitative estimate of drug-likeness (QED) is 0.279. The van der Waals surface area contributed by atoms with E-state index < -0.39 is 15.4 Å². The third kappa shape index (κ3) is 4.24. The van der Waals surface area contributed by atoms with Crippen LogP contribution in [0.5, 0.6) is 0 Å². The molecule has 0 spiro atoms. The Bertz CT molecular complexity index is 209. The Labute approximate surface area is 81.4 Å². The number of carbonyl (C=O) groups is 1. The van der Waals surface area contributed by atoms with Crippen LogP contribution in [0, 0.1) is 0 Å². The molecule has 0 atom stereocenters. The minimum absolute atomic E-state index is 0. The maximum absolute atomic E-state index is 10.2. The second-order valence-electron chi connectivity index (χ2n) is 1.61. The molecular formula is C3H6NNaO4S. The molecule has 7 heteroatoms. The topological polar surface area (TPSA) is 77.5 Å². The van der Waals surface area contributed by atoms with Gasteiger partial charge in [0.05, 0.1) is 0 Å². The van der Waals surface area contributed by atoms with Crippen molar-refractivity contribution in [2.24, 2.45) is 0 Å². The first-order valence-corrected chi connectivity index (χ1v) is 3.43. The van der Waals surface area contributed by atoms with Crippen molar-refractivity contribution < 1.29 is 47.3 Å². The van der Waals surface area contributed by atoms with Crippen molar-refractivity contribution in [3.63, 3.8) is 0 Å². The second-order valence-corrected chi connectivity index (χ2v) is 2.87. The van der Waals surface area contributed by atoms with Gasteiger partial charge in [-0.25, -0.2) is 8.42 Å². The molecule has 5 nitrogen and oxygen atoms in total. The van der Waals surface area contributed by atoms with Gasteiger partial charge in [0.15, 0.2) is 10.1 Å². The molecule has 0 aliphatic heterocycles. The summed E-state index contributed by atoms with van der Waals surface area (Å²) in [5.41, 5.74) is 0. The fraction of sp³-hybridized carbons (Fsp3) is 0.667. The van der Waals surface area contributed by atoms with Crippen LogP contribution in [-0.2, 0) is 10.1 Å². The third-order valence-electron chi connectivity index (χ3n) is 0.579. The number of nitrogens with zero attached hydrogens (tertiary/aromatic N) is 1. The van der Waals surface area contributed by atoms with Crippen molar-refractivity contribution in [2.75, 3.05) is 14.1 Å². The molecule has 1 amide bonds. The molecule has 0 N–H and O–H groups in total. The van der Waals surface area contributed by atoms with E-state index in [1.807, 2.05) is 0 Å². The Hall–Kier alpha value is 0.380. The van der Waals surface area contributed by atoms with E-state index in [1.54, 1.807) is 0 Å². The van der Waals surface area contributed by atoms with Crippen molar-refractivity contribution in [3.05, 3.63) is 0 Å². The van der Waals surface area contributed by atoms with Gasteiger partial charge in [0.25, 0.3) is 0 Å². The summed E-state index contributed by atoms with van der Waals surface area (Å²) in [6, 6.07) is 0. The van der Waals surface area contributed by atoms with Crippen LogP contribution in [0.3, 0.4) is 0 Å². The smallest absolute Gasteiger partial charge is 0.740 e. The Morgan fingerprint density at radius 3 is 1.70 bits per heavy atom. The van der Waals surface area contributed by atoms with Crippen molar-refractivity contribution in [3.8, 4) is 0 Å². The van der Waals surface area contributed by atoms with Crippen molar-refractivity contribution in [1.82, 2.24) is 4.90 Å². The Morgan fingerprint density at radius 1 is 1.40 bits per heavy atom. The van der Waals surface area contributed by atoms with Gasteiger partial charge >= 0.3 is 34.8 Å². The summed E-state index contributed by atoms with van der Waals surface area (Å²) < 4.78 is 29.5. The van der Waals surface area contributed by atoms with Crippen LogP contribution in [0.15, 0.2) is 0 Å². The van der Waals surface area contributed by atoms with Gasteiger partial charge in [-0.3, -0.25) is 4.79 Å². The van der Waals surface area contributed by atoms with Gasteiger partial charge < -0.3 is 9.45 Å². The minimum Gasteiger partial charge on any atom is -0.740 e. The summed E-state index contributed by atoms with van der Waals surface area (Å²) in [4.78, 5) is 10.9. The molecule has 10 heavy (non-hydrogen) atoms. The number of hydrogen-bond acceptors (Lipinski definition) is 4. The molecule has 0 unspecified atom stereocenters. The maximum Gasteiger partial charge on any atom is 1.00 e. The molecule has 0 heterocycles. The predicted octanol–water partition coefficient (Wildman–Crippen LogP) is -3.78. The molecule has 0 aliphatic rings. The molecule has 0 aromatic heterocycles. The van der Waals surface area contributed by atoms with Gasteiger partial charge in [-0.2, -0.15) is 0 Å². The van der Waals surface area contributed by atoms with Crippen LogP contribution in [0.25, 0.3) is 0 Å². The van der Waals surface area contributed by atoms with Crippen LogP contribution < -0.4 is 29.6 Å². The fourth-order valence-electron chi connectivity index (χ4n) is 0.224. The van der Waals surface area contributed by atoms with Gasteiger partial charge in [-0.15, -0.1) is 0 Å². The third-order valence-corrected chi connectivity index (χ3v) is 1.37. The van der Waals surface area contributed by atoms with Gasteiger partial charge in [0, 0.05) is 14.1 Å². The summed E-state index contributed by atoms with van der Waals surface area (Å²) in [5.74, 6) is 0. The van der Waals surface area contributed by atoms with E-state index >= 15 is 0 Å².